The standard InChI is InChI=1S/C10H11NO2.C7H6N2.C2H6/c12-9-5-3-8(4-6-9)11-10(13)7-1-2-7;1-2-4-7-6(3-1)5-8-9-7;1-2/h3-7,12H,1-2H2,(H,11,13);1-5H,(H,8,9);1-2H3. The van der Waals surface area contributed by atoms with E-state index in [1.807, 2.05) is 44.3 Å². The molecule has 1 aliphatic rings. The van der Waals surface area contributed by atoms with Crippen LogP contribution in [0.2, 0.25) is 0 Å². The van der Waals surface area contributed by atoms with Crippen molar-refractivity contribution >= 4 is 22.5 Å². The highest BCUT2D eigenvalue weighted by Gasteiger charge is 2.29. The number of carbonyl (C=O) groups is 1. The number of aromatic amines is 1. The Morgan fingerprint density at radius 3 is 2.42 bits per heavy atom. The number of H-pyrrole nitrogens is 1. The maximum atomic E-state index is 11.3. The topological polar surface area (TPSA) is 78.0 Å². The number of phenols is 1. The fourth-order valence-electron chi connectivity index (χ4n) is 2.02. The maximum Gasteiger partial charge on any atom is 0.227 e. The van der Waals surface area contributed by atoms with E-state index in [0.29, 0.717) is 0 Å². The molecular weight excluding hydrogens is 302 g/mol. The van der Waals surface area contributed by atoms with Gasteiger partial charge in [-0.1, -0.05) is 32.0 Å². The number of aromatic nitrogens is 2. The van der Waals surface area contributed by atoms with Crippen molar-refractivity contribution in [1.82, 2.24) is 10.2 Å². The molecule has 0 radical (unpaired) electrons. The number of benzene rings is 2. The molecule has 0 spiro atoms. The van der Waals surface area contributed by atoms with Crippen molar-refractivity contribution in [2.75, 3.05) is 5.32 Å². The van der Waals surface area contributed by atoms with Gasteiger partial charge in [0.2, 0.25) is 5.91 Å². The van der Waals surface area contributed by atoms with Crippen molar-refractivity contribution in [3.63, 3.8) is 0 Å². The van der Waals surface area contributed by atoms with E-state index in [2.05, 4.69) is 15.5 Å². The molecule has 1 heterocycles. The number of anilines is 1. The fourth-order valence-corrected chi connectivity index (χ4v) is 2.02. The number of carbonyl (C=O) groups excluding carboxylic acids is 1. The smallest absolute Gasteiger partial charge is 0.227 e. The molecule has 3 N–H and O–H groups in total. The summed E-state index contributed by atoms with van der Waals surface area (Å²) in [6, 6.07) is 14.5. The number of phenolic OH excluding ortho intramolecular Hbond substituents is 1. The first-order valence-corrected chi connectivity index (χ1v) is 8.20. The molecule has 1 saturated carbocycles. The minimum atomic E-state index is 0.0886. The van der Waals surface area contributed by atoms with Gasteiger partial charge in [-0.2, -0.15) is 5.10 Å². The zero-order valence-electron chi connectivity index (χ0n) is 14.0. The molecule has 0 atom stereocenters. The van der Waals surface area contributed by atoms with Crippen molar-refractivity contribution < 1.29 is 9.90 Å². The van der Waals surface area contributed by atoms with Crippen LogP contribution in [0.1, 0.15) is 26.7 Å². The van der Waals surface area contributed by atoms with Crippen LogP contribution < -0.4 is 5.32 Å². The van der Waals surface area contributed by atoms with Crippen LogP contribution in [-0.2, 0) is 4.79 Å². The molecule has 0 saturated heterocycles. The Morgan fingerprint density at radius 1 is 1.12 bits per heavy atom. The number of para-hydroxylation sites is 1. The predicted molar refractivity (Wildman–Crippen MR) is 96.9 cm³/mol. The third kappa shape index (κ3) is 5.12. The summed E-state index contributed by atoms with van der Waals surface area (Å²) in [6.07, 6.45) is 3.82. The minimum absolute atomic E-state index is 0.0886. The molecule has 3 aromatic rings. The second-order valence-corrected chi connectivity index (χ2v) is 5.27. The first kappa shape index (κ1) is 17.5. The lowest BCUT2D eigenvalue weighted by Gasteiger charge is -2.03. The van der Waals surface area contributed by atoms with Crippen molar-refractivity contribution in [3.8, 4) is 5.75 Å². The number of rotatable bonds is 2. The van der Waals surface area contributed by atoms with Gasteiger partial charge in [0.25, 0.3) is 0 Å². The number of hydrogen-bond acceptors (Lipinski definition) is 3. The summed E-state index contributed by atoms with van der Waals surface area (Å²) in [7, 11) is 0. The molecule has 5 heteroatoms. The molecule has 1 amide bonds. The Balaban J connectivity index is 0.000000165. The summed E-state index contributed by atoms with van der Waals surface area (Å²) < 4.78 is 0. The number of nitrogens with zero attached hydrogens (tertiary/aromatic N) is 1. The highest BCUT2D eigenvalue weighted by atomic mass is 16.3. The lowest BCUT2D eigenvalue weighted by Crippen LogP contribution is -2.12. The van der Waals surface area contributed by atoms with Gasteiger partial charge in [-0.15, -0.1) is 0 Å². The zero-order chi connectivity index (χ0) is 17.4. The first-order chi connectivity index (χ1) is 11.7. The van der Waals surface area contributed by atoms with Crippen LogP contribution in [0.3, 0.4) is 0 Å². The highest BCUT2D eigenvalue weighted by Crippen LogP contribution is 2.30. The molecule has 24 heavy (non-hydrogen) atoms. The average molecular weight is 325 g/mol. The van der Waals surface area contributed by atoms with E-state index in [9.17, 15) is 4.79 Å². The maximum absolute atomic E-state index is 11.3. The van der Waals surface area contributed by atoms with Gasteiger partial charge in [-0.25, -0.2) is 0 Å². The highest BCUT2D eigenvalue weighted by molar-refractivity contribution is 5.94. The average Bonchev–Trinajstić information content (AvgIpc) is 3.37. The van der Waals surface area contributed by atoms with E-state index in [1.165, 1.54) is 0 Å². The lowest BCUT2D eigenvalue weighted by atomic mass is 10.3. The molecule has 4 rings (SSSR count). The third-order valence-corrected chi connectivity index (χ3v) is 3.43. The molecule has 5 nitrogen and oxygen atoms in total. The molecule has 1 fully saturated rings. The van der Waals surface area contributed by atoms with Crippen LogP contribution >= 0.6 is 0 Å². The van der Waals surface area contributed by atoms with Crippen molar-refractivity contribution in [3.05, 3.63) is 54.7 Å². The van der Waals surface area contributed by atoms with Crippen LogP contribution in [0.4, 0.5) is 5.69 Å². The van der Waals surface area contributed by atoms with Crippen LogP contribution in [0.15, 0.2) is 54.7 Å². The van der Waals surface area contributed by atoms with Crippen molar-refractivity contribution in [2.24, 2.45) is 5.92 Å². The predicted octanol–water partition coefficient (Wildman–Crippen LogP) is 4.33. The Hall–Kier alpha value is -2.82. The normalized spacial score (nSPS) is 12.4. The van der Waals surface area contributed by atoms with E-state index >= 15 is 0 Å². The van der Waals surface area contributed by atoms with E-state index in [-0.39, 0.29) is 17.6 Å². The zero-order valence-corrected chi connectivity index (χ0v) is 14.0. The molecule has 2 aromatic carbocycles. The number of amides is 1. The van der Waals surface area contributed by atoms with Gasteiger partial charge in [-0.05, 0) is 43.2 Å². The summed E-state index contributed by atoms with van der Waals surface area (Å²) in [4.78, 5) is 11.3. The van der Waals surface area contributed by atoms with Gasteiger partial charge in [0, 0.05) is 17.0 Å². The first-order valence-electron chi connectivity index (χ1n) is 8.20. The van der Waals surface area contributed by atoms with Gasteiger partial charge in [0.05, 0.1) is 11.7 Å². The van der Waals surface area contributed by atoms with E-state index < -0.39 is 0 Å². The van der Waals surface area contributed by atoms with Crippen molar-refractivity contribution in [1.29, 1.82) is 0 Å². The van der Waals surface area contributed by atoms with Crippen LogP contribution in [0, 0.1) is 5.92 Å². The number of hydrogen-bond donors (Lipinski definition) is 3. The summed E-state index contributed by atoms with van der Waals surface area (Å²) in [5.41, 5.74) is 1.84. The quantitative estimate of drug-likeness (QED) is 0.614. The monoisotopic (exact) mass is 325 g/mol. The van der Waals surface area contributed by atoms with Crippen LogP contribution in [-0.4, -0.2) is 21.2 Å². The van der Waals surface area contributed by atoms with Gasteiger partial charge in [0.1, 0.15) is 5.75 Å². The van der Waals surface area contributed by atoms with E-state index in [1.54, 1.807) is 24.3 Å². The summed E-state index contributed by atoms with van der Waals surface area (Å²) >= 11 is 0. The summed E-state index contributed by atoms with van der Waals surface area (Å²) in [5, 5.41) is 19.7. The lowest BCUT2D eigenvalue weighted by molar-refractivity contribution is -0.117. The van der Waals surface area contributed by atoms with E-state index in [0.717, 1.165) is 29.4 Å². The Morgan fingerprint density at radius 2 is 1.79 bits per heavy atom. The molecule has 0 bridgehead atoms. The number of fused-ring (bicyclic) bond motifs is 1. The summed E-state index contributed by atoms with van der Waals surface area (Å²) in [6.45, 7) is 4.00. The molecular formula is C19H23N3O2. The Labute approximate surface area is 141 Å². The summed E-state index contributed by atoms with van der Waals surface area (Å²) in [5.74, 6) is 0.518. The van der Waals surface area contributed by atoms with Crippen LogP contribution in [0.25, 0.3) is 10.9 Å². The molecule has 0 unspecified atom stereocenters. The van der Waals surface area contributed by atoms with Gasteiger partial charge in [-0.3, -0.25) is 9.89 Å². The Kier molecular flexibility index (Phi) is 6.37. The fraction of sp³-hybridized carbons (Fsp3) is 0.263. The molecule has 126 valence electrons. The van der Waals surface area contributed by atoms with E-state index in [4.69, 9.17) is 5.11 Å². The molecule has 0 aliphatic heterocycles. The third-order valence-electron chi connectivity index (χ3n) is 3.43. The van der Waals surface area contributed by atoms with Gasteiger partial charge >= 0.3 is 0 Å². The van der Waals surface area contributed by atoms with Gasteiger partial charge < -0.3 is 10.4 Å². The minimum Gasteiger partial charge on any atom is -0.508 e. The second kappa shape index (κ2) is 8.72. The largest absolute Gasteiger partial charge is 0.508 e. The van der Waals surface area contributed by atoms with Crippen LogP contribution in [0.5, 0.6) is 5.75 Å². The van der Waals surface area contributed by atoms with Gasteiger partial charge in [0.15, 0.2) is 0 Å². The Bertz CT molecular complexity index is 731. The SMILES string of the molecule is CC.O=C(Nc1ccc(O)cc1)C1CC1.c1ccc2[nH]ncc2c1. The van der Waals surface area contributed by atoms with Crippen molar-refractivity contribution in [2.45, 2.75) is 26.7 Å². The number of aromatic hydroxyl groups is 1. The second-order valence-electron chi connectivity index (χ2n) is 5.27. The number of nitrogens with one attached hydrogen (secondary N) is 2. The molecule has 1 aromatic heterocycles. The molecule has 1 aliphatic carbocycles.